The van der Waals surface area contributed by atoms with Crippen molar-refractivity contribution in [1.29, 1.82) is 0 Å². The summed E-state index contributed by atoms with van der Waals surface area (Å²) in [5.41, 5.74) is 1.05. The maximum atomic E-state index is 10.8. The smallest absolute Gasteiger partial charge is 0.339 e. The zero-order chi connectivity index (χ0) is 11.4. The fourth-order valence-electron chi connectivity index (χ4n) is 1.53. The first kappa shape index (κ1) is 11.8. The van der Waals surface area contributed by atoms with Crippen LogP contribution in [0.4, 0.5) is 0 Å². The fourth-order valence-corrected chi connectivity index (χ4v) is 1.53. The third-order valence-corrected chi connectivity index (χ3v) is 2.48. The Morgan fingerprint density at radius 2 is 2.27 bits per heavy atom. The van der Waals surface area contributed by atoms with E-state index in [-0.39, 0.29) is 0 Å². The van der Waals surface area contributed by atoms with Crippen molar-refractivity contribution in [3.63, 3.8) is 0 Å². The van der Waals surface area contributed by atoms with Gasteiger partial charge in [0.1, 0.15) is 5.56 Å². The minimum atomic E-state index is -0.900. The van der Waals surface area contributed by atoms with E-state index in [2.05, 4.69) is 18.9 Å². The van der Waals surface area contributed by atoms with Gasteiger partial charge in [-0.2, -0.15) is 5.10 Å². The predicted octanol–water partition coefficient (Wildman–Crippen LogP) is 2.33. The summed E-state index contributed by atoms with van der Waals surface area (Å²) in [6, 6.07) is 0. The summed E-state index contributed by atoms with van der Waals surface area (Å²) < 4.78 is 1.77. The minimum absolute atomic E-state index is 0.305. The molecule has 0 aliphatic rings. The molecule has 0 saturated heterocycles. The molecule has 1 aromatic heterocycles. The zero-order valence-corrected chi connectivity index (χ0v) is 9.53. The minimum Gasteiger partial charge on any atom is -0.478 e. The molecule has 1 rings (SSSR count). The zero-order valence-electron chi connectivity index (χ0n) is 9.53. The van der Waals surface area contributed by atoms with Crippen LogP contribution in [0.1, 0.15) is 42.7 Å². The molecule has 0 aliphatic carbocycles. The third kappa shape index (κ3) is 3.08. The van der Waals surface area contributed by atoms with E-state index in [1.807, 2.05) is 0 Å². The maximum absolute atomic E-state index is 10.8. The number of carbonyl (C=O) groups is 1. The maximum Gasteiger partial charge on any atom is 0.339 e. The molecule has 4 heteroatoms. The number of aryl methyl sites for hydroxylation is 1. The van der Waals surface area contributed by atoms with Gasteiger partial charge in [0.15, 0.2) is 0 Å². The molecule has 1 N–H and O–H groups in total. The topological polar surface area (TPSA) is 55.1 Å². The van der Waals surface area contributed by atoms with Crippen LogP contribution in [0.5, 0.6) is 0 Å². The van der Waals surface area contributed by atoms with Gasteiger partial charge < -0.3 is 5.11 Å². The van der Waals surface area contributed by atoms with Crippen LogP contribution in [0.25, 0.3) is 0 Å². The van der Waals surface area contributed by atoms with Crippen molar-refractivity contribution in [1.82, 2.24) is 9.78 Å². The van der Waals surface area contributed by atoms with Crippen LogP contribution in [0.2, 0.25) is 0 Å². The molecule has 84 valence electrons. The molecule has 4 nitrogen and oxygen atoms in total. The van der Waals surface area contributed by atoms with E-state index in [1.54, 1.807) is 11.6 Å². The molecule has 1 heterocycles. The van der Waals surface area contributed by atoms with Gasteiger partial charge >= 0.3 is 5.97 Å². The Morgan fingerprint density at radius 1 is 1.60 bits per heavy atom. The van der Waals surface area contributed by atoms with E-state index in [0.29, 0.717) is 11.5 Å². The van der Waals surface area contributed by atoms with Gasteiger partial charge in [-0.3, -0.25) is 4.68 Å². The summed E-state index contributed by atoms with van der Waals surface area (Å²) >= 11 is 0. The third-order valence-electron chi connectivity index (χ3n) is 2.48. The molecule has 0 atom stereocenters. The molecular weight excluding hydrogens is 192 g/mol. The number of nitrogens with zero attached hydrogens (tertiary/aromatic N) is 2. The van der Waals surface area contributed by atoms with Gasteiger partial charge in [0.2, 0.25) is 0 Å². The lowest BCUT2D eigenvalue weighted by Gasteiger charge is -2.06. The average molecular weight is 210 g/mol. The van der Waals surface area contributed by atoms with Crippen LogP contribution in [-0.2, 0) is 6.54 Å². The van der Waals surface area contributed by atoms with Crippen molar-refractivity contribution >= 4 is 5.97 Å². The second-order valence-electron chi connectivity index (χ2n) is 4.21. The van der Waals surface area contributed by atoms with Crippen LogP contribution in [0.15, 0.2) is 6.20 Å². The van der Waals surface area contributed by atoms with Gasteiger partial charge in [-0.25, -0.2) is 4.79 Å². The molecule has 1 aromatic rings. The largest absolute Gasteiger partial charge is 0.478 e. The van der Waals surface area contributed by atoms with Gasteiger partial charge in [0.25, 0.3) is 0 Å². The number of carboxylic acid groups (broad SMARTS) is 1. The fraction of sp³-hybridized carbons (Fsp3) is 0.636. The van der Waals surface area contributed by atoms with Crippen LogP contribution < -0.4 is 0 Å². The Kier molecular flexibility index (Phi) is 3.88. The molecule has 0 bridgehead atoms. The van der Waals surface area contributed by atoms with Crippen LogP contribution >= 0.6 is 0 Å². The number of hydrogen-bond donors (Lipinski definition) is 1. The van der Waals surface area contributed by atoms with Crippen molar-refractivity contribution < 1.29 is 9.90 Å². The lowest BCUT2D eigenvalue weighted by molar-refractivity contribution is 0.0696. The van der Waals surface area contributed by atoms with E-state index >= 15 is 0 Å². The highest BCUT2D eigenvalue weighted by atomic mass is 16.4. The van der Waals surface area contributed by atoms with Crippen LogP contribution in [0, 0.1) is 12.8 Å². The lowest BCUT2D eigenvalue weighted by Crippen LogP contribution is -2.05. The molecule has 0 amide bonds. The first-order chi connectivity index (χ1) is 7.02. The van der Waals surface area contributed by atoms with Gasteiger partial charge in [0.05, 0.1) is 6.20 Å². The molecule has 15 heavy (non-hydrogen) atoms. The Hall–Kier alpha value is -1.32. The van der Waals surface area contributed by atoms with E-state index in [1.165, 1.54) is 6.20 Å². The summed E-state index contributed by atoms with van der Waals surface area (Å²) in [4.78, 5) is 10.8. The Balaban J connectivity index is 2.59. The highest BCUT2D eigenvalue weighted by Gasteiger charge is 2.12. The van der Waals surface area contributed by atoms with Gasteiger partial charge in [-0.05, 0) is 25.7 Å². The summed E-state index contributed by atoms with van der Waals surface area (Å²) in [6.07, 6.45) is 3.61. The van der Waals surface area contributed by atoms with Crippen LogP contribution in [-0.4, -0.2) is 20.9 Å². The quantitative estimate of drug-likeness (QED) is 0.811. The highest BCUT2D eigenvalue weighted by molar-refractivity contribution is 5.88. The van der Waals surface area contributed by atoms with Gasteiger partial charge in [0, 0.05) is 12.2 Å². The number of aromatic nitrogens is 2. The Bertz CT molecular complexity index is 342. The van der Waals surface area contributed by atoms with Crippen molar-refractivity contribution in [2.24, 2.45) is 5.92 Å². The molecule has 0 fully saturated rings. The number of carboxylic acids is 1. The molecule has 0 aliphatic heterocycles. The standard InChI is InChI=1S/C11H18N2O2/c1-8(2)5-4-6-13-9(3)10(7-12-13)11(14)15/h7-8H,4-6H2,1-3H3,(H,14,15). The van der Waals surface area contributed by atoms with Crippen LogP contribution in [0.3, 0.4) is 0 Å². The number of hydrogen-bond acceptors (Lipinski definition) is 2. The summed E-state index contributed by atoms with van der Waals surface area (Å²) in [5.74, 6) is -0.220. The lowest BCUT2D eigenvalue weighted by atomic mass is 10.1. The molecule has 0 spiro atoms. The number of rotatable bonds is 5. The van der Waals surface area contributed by atoms with Gasteiger partial charge in [-0.15, -0.1) is 0 Å². The van der Waals surface area contributed by atoms with Crippen molar-refractivity contribution in [3.05, 3.63) is 17.5 Å². The normalized spacial score (nSPS) is 10.9. The second-order valence-corrected chi connectivity index (χ2v) is 4.21. The van der Waals surface area contributed by atoms with E-state index in [9.17, 15) is 4.79 Å². The van der Waals surface area contributed by atoms with E-state index < -0.39 is 5.97 Å². The van der Waals surface area contributed by atoms with Crippen molar-refractivity contribution in [3.8, 4) is 0 Å². The molecule has 0 saturated carbocycles. The molecular formula is C11H18N2O2. The van der Waals surface area contributed by atoms with E-state index in [0.717, 1.165) is 25.1 Å². The Morgan fingerprint density at radius 3 is 2.73 bits per heavy atom. The monoisotopic (exact) mass is 210 g/mol. The predicted molar refractivity (Wildman–Crippen MR) is 58.0 cm³/mol. The first-order valence-electron chi connectivity index (χ1n) is 5.28. The second kappa shape index (κ2) is 4.96. The highest BCUT2D eigenvalue weighted by Crippen LogP contribution is 2.10. The SMILES string of the molecule is Cc1c(C(=O)O)cnn1CCCC(C)C. The van der Waals surface area contributed by atoms with Crippen molar-refractivity contribution in [2.45, 2.75) is 40.2 Å². The number of aromatic carboxylic acids is 1. The summed E-state index contributed by atoms with van der Waals surface area (Å²) in [5, 5.41) is 12.9. The van der Waals surface area contributed by atoms with Gasteiger partial charge in [-0.1, -0.05) is 13.8 Å². The van der Waals surface area contributed by atoms with Crippen molar-refractivity contribution in [2.75, 3.05) is 0 Å². The summed E-state index contributed by atoms with van der Waals surface area (Å²) in [7, 11) is 0. The first-order valence-corrected chi connectivity index (χ1v) is 5.28. The Labute approximate surface area is 89.9 Å². The summed E-state index contributed by atoms with van der Waals surface area (Å²) in [6.45, 7) is 6.96. The average Bonchev–Trinajstić information content (AvgIpc) is 2.47. The molecule has 0 aromatic carbocycles. The molecule has 0 radical (unpaired) electrons. The van der Waals surface area contributed by atoms with E-state index in [4.69, 9.17) is 5.11 Å². The molecule has 0 unspecified atom stereocenters.